The Bertz CT molecular complexity index is 833. The third kappa shape index (κ3) is 3.66. The molecule has 1 aromatic carbocycles. The summed E-state index contributed by atoms with van der Waals surface area (Å²) in [4.78, 5) is 31.9. The largest absolute Gasteiger partial charge is 0.496 e. The van der Waals surface area contributed by atoms with Crippen molar-refractivity contribution in [3.8, 4) is 5.75 Å². The number of piperazine rings is 1. The quantitative estimate of drug-likeness (QED) is 0.790. The number of benzene rings is 1. The first-order chi connectivity index (χ1) is 12.5. The maximum atomic E-state index is 13.2. The SMILES string of the molecule is COc1cc(C(=O)N2CCN(C(=O)c3ccnc(F)c3)CC2)ccc1C. The number of ether oxygens (including phenoxy) is 1. The zero-order valence-corrected chi connectivity index (χ0v) is 14.7. The molecule has 1 fully saturated rings. The molecule has 0 spiro atoms. The van der Waals surface area contributed by atoms with Gasteiger partial charge in [-0.1, -0.05) is 6.07 Å². The van der Waals surface area contributed by atoms with Gasteiger partial charge in [0.05, 0.1) is 7.11 Å². The zero-order valence-electron chi connectivity index (χ0n) is 14.7. The van der Waals surface area contributed by atoms with Gasteiger partial charge >= 0.3 is 0 Å². The van der Waals surface area contributed by atoms with Crippen LogP contribution in [0.1, 0.15) is 26.3 Å². The Morgan fingerprint density at radius 2 is 1.58 bits per heavy atom. The number of carbonyl (C=O) groups is 2. The molecule has 2 heterocycles. The van der Waals surface area contributed by atoms with Gasteiger partial charge in [-0.05, 0) is 30.7 Å². The van der Waals surface area contributed by atoms with E-state index in [4.69, 9.17) is 4.74 Å². The molecule has 3 rings (SSSR count). The van der Waals surface area contributed by atoms with Gasteiger partial charge in [0.1, 0.15) is 5.75 Å². The highest BCUT2D eigenvalue weighted by Crippen LogP contribution is 2.20. The summed E-state index contributed by atoms with van der Waals surface area (Å²) in [6, 6.07) is 7.97. The topological polar surface area (TPSA) is 62.7 Å². The van der Waals surface area contributed by atoms with Gasteiger partial charge in [-0.3, -0.25) is 9.59 Å². The number of aryl methyl sites for hydroxylation is 1. The Morgan fingerprint density at radius 3 is 2.12 bits per heavy atom. The van der Waals surface area contributed by atoms with Gasteiger partial charge < -0.3 is 14.5 Å². The van der Waals surface area contributed by atoms with Gasteiger partial charge in [0.15, 0.2) is 0 Å². The fourth-order valence-electron chi connectivity index (χ4n) is 2.97. The average Bonchev–Trinajstić information content (AvgIpc) is 2.67. The minimum absolute atomic E-state index is 0.0923. The highest BCUT2D eigenvalue weighted by Gasteiger charge is 2.26. The molecule has 0 atom stereocenters. The Hall–Kier alpha value is -2.96. The van der Waals surface area contributed by atoms with Crippen LogP contribution in [0.15, 0.2) is 36.5 Å². The standard InChI is InChI=1S/C19H20FN3O3/c1-13-3-4-14(11-16(13)26-2)18(24)22-7-9-23(10-8-22)19(25)15-5-6-21-17(20)12-15/h3-6,11-12H,7-10H2,1-2H3. The lowest BCUT2D eigenvalue weighted by Gasteiger charge is -2.35. The molecule has 0 aliphatic carbocycles. The molecule has 6 nitrogen and oxygen atoms in total. The van der Waals surface area contributed by atoms with Crippen molar-refractivity contribution in [3.63, 3.8) is 0 Å². The van der Waals surface area contributed by atoms with Crippen molar-refractivity contribution in [1.82, 2.24) is 14.8 Å². The lowest BCUT2D eigenvalue weighted by molar-refractivity contribution is 0.0535. The Morgan fingerprint density at radius 1 is 1.00 bits per heavy atom. The van der Waals surface area contributed by atoms with Gasteiger partial charge in [-0.25, -0.2) is 4.98 Å². The molecule has 0 saturated carbocycles. The number of amides is 2. The summed E-state index contributed by atoms with van der Waals surface area (Å²) in [5, 5.41) is 0. The maximum absolute atomic E-state index is 13.2. The number of halogens is 1. The number of methoxy groups -OCH3 is 1. The van der Waals surface area contributed by atoms with E-state index in [0.717, 1.165) is 11.6 Å². The number of hydrogen-bond acceptors (Lipinski definition) is 4. The first kappa shape index (κ1) is 17.8. The third-order valence-corrected chi connectivity index (χ3v) is 4.48. The first-order valence-corrected chi connectivity index (χ1v) is 8.34. The lowest BCUT2D eigenvalue weighted by atomic mass is 10.1. The molecule has 7 heteroatoms. The van der Waals surface area contributed by atoms with Crippen molar-refractivity contribution in [2.45, 2.75) is 6.92 Å². The highest BCUT2D eigenvalue weighted by molar-refractivity contribution is 5.96. The summed E-state index contributed by atoms with van der Waals surface area (Å²) in [7, 11) is 1.57. The molecule has 0 N–H and O–H groups in total. The fraction of sp³-hybridized carbons (Fsp3) is 0.316. The molecule has 1 aromatic heterocycles. The van der Waals surface area contributed by atoms with E-state index >= 15 is 0 Å². The number of hydrogen-bond donors (Lipinski definition) is 0. The van der Waals surface area contributed by atoms with Gasteiger partial charge in [-0.2, -0.15) is 4.39 Å². The monoisotopic (exact) mass is 357 g/mol. The molecule has 0 unspecified atom stereocenters. The minimum atomic E-state index is -0.682. The molecule has 2 aromatic rings. The van der Waals surface area contributed by atoms with Crippen LogP contribution >= 0.6 is 0 Å². The van der Waals surface area contributed by atoms with Crippen molar-refractivity contribution in [2.75, 3.05) is 33.3 Å². The van der Waals surface area contributed by atoms with Crippen molar-refractivity contribution in [1.29, 1.82) is 0 Å². The maximum Gasteiger partial charge on any atom is 0.254 e. The summed E-state index contributed by atoms with van der Waals surface area (Å²) in [5.41, 5.74) is 1.79. The Kier molecular flexibility index (Phi) is 5.16. The second-order valence-electron chi connectivity index (χ2n) is 6.14. The molecular weight excluding hydrogens is 337 g/mol. The predicted molar refractivity (Wildman–Crippen MR) is 93.7 cm³/mol. The second-order valence-corrected chi connectivity index (χ2v) is 6.14. The molecule has 0 bridgehead atoms. The first-order valence-electron chi connectivity index (χ1n) is 8.34. The number of pyridine rings is 1. The predicted octanol–water partition coefficient (Wildman–Crippen LogP) is 2.14. The van der Waals surface area contributed by atoms with Crippen LogP contribution in [0.3, 0.4) is 0 Å². The molecule has 1 aliphatic rings. The van der Waals surface area contributed by atoms with Crippen LogP contribution < -0.4 is 4.74 Å². The molecule has 0 radical (unpaired) electrons. The van der Waals surface area contributed by atoms with Crippen molar-refractivity contribution < 1.29 is 18.7 Å². The summed E-state index contributed by atoms with van der Waals surface area (Å²) in [6.45, 7) is 3.57. The van der Waals surface area contributed by atoms with Crippen LogP contribution in [0.2, 0.25) is 0 Å². The third-order valence-electron chi connectivity index (χ3n) is 4.48. The van der Waals surface area contributed by atoms with Crippen LogP contribution in [0.5, 0.6) is 5.75 Å². The molecule has 26 heavy (non-hydrogen) atoms. The van der Waals surface area contributed by atoms with Gasteiger partial charge in [0.2, 0.25) is 5.95 Å². The smallest absolute Gasteiger partial charge is 0.254 e. The highest BCUT2D eigenvalue weighted by atomic mass is 19.1. The average molecular weight is 357 g/mol. The van der Waals surface area contributed by atoms with E-state index in [1.165, 1.54) is 12.3 Å². The van der Waals surface area contributed by atoms with E-state index in [9.17, 15) is 14.0 Å². The van der Waals surface area contributed by atoms with E-state index < -0.39 is 5.95 Å². The molecular formula is C19H20FN3O3. The number of aromatic nitrogens is 1. The minimum Gasteiger partial charge on any atom is -0.496 e. The van der Waals surface area contributed by atoms with Crippen molar-refractivity contribution in [2.24, 2.45) is 0 Å². The van der Waals surface area contributed by atoms with Gasteiger partial charge in [-0.15, -0.1) is 0 Å². The van der Waals surface area contributed by atoms with Crippen LogP contribution in [0.25, 0.3) is 0 Å². The van der Waals surface area contributed by atoms with E-state index in [1.807, 2.05) is 13.0 Å². The van der Waals surface area contributed by atoms with E-state index in [1.54, 1.807) is 29.0 Å². The van der Waals surface area contributed by atoms with E-state index in [2.05, 4.69) is 4.98 Å². The normalized spacial score (nSPS) is 14.3. The summed E-state index contributed by atoms with van der Waals surface area (Å²) < 4.78 is 18.5. The van der Waals surface area contributed by atoms with Gasteiger partial charge in [0, 0.05) is 49.6 Å². The Balaban J connectivity index is 1.64. The summed E-state index contributed by atoms with van der Waals surface area (Å²) >= 11 is 0. The lowest BCUT2D eigenvalue weighted by Crippen LogP contribution is -2.50. The van der Waals surface area contributed by atoms with Crippen LogP contribution in [-0.2, 0) is 0 Å². The van der Waals surface area contributed by atoms with Crippen LogP contribution in [-0.4, -0.2) is 59.9 Å². The molecule has 2 amide bonds. The second kappa shape index (κ2) is 7.51. The molecule has 1 aliphatic heterocycles. The summed E-state index contributed by atoms with van der Waals surface area (Å²) in [5.74, 6) is -0.358. The zero-order chi connectivity index (χ0) is 18.7. The molecule has 136 valence electrons. The number of nitrogens with zero attached hydrogens (tertiary/aromatic N) is 3. The molecule has 1 saturated heterocycles. The number of rotatable bonds is 3. The fourth-order valence-corrected chi connectivity index (χ4v) is 2.97. The van der Waals surface area contributed by atoms with Crippen LogP contribution in [0.4, 0.5) is 4.39 Å². The van der Waals surface area contributed by atoms with E-state index in [0.29, 0.717) is 37.5 Å². The number of carbonyl (C=O) groups excluding carboxylic acids is 2. The van der Waals surface area contributed by atoms with Crippen molar-refractivity contribution >= 4 is 11.8 Å². The van der Waals surface area contributed by atoms with Crippen molar-refractivity contribution in [3.05, 3.63) is 59.2 Å². The Labute approximate surface area is 151 Å². The van der Waals surface area contributed by atoms with Crippen LogP contribution in [0, 0.1) is 12.9 Å². The summed E-state index contributed by atoms with van der Waals surface area (Å²) in [6.07, 6.45) is 1.27. The van der Waals surface area contributed by atoms with Gasteiger partial charge in [0.25, 0.3) is 11.8 Å². The van der Waals surface area contributed by atoms with E-state index in [-0.39, 0.29) is 17.4 Å².